The zero-order valence-electron chi connectivity index (χ0n) is 16.9. The van der Waals surface area contributed by atoms with Crippen LogP contribution in [0.3, 0.4) is 0 Å². The molecular weight excluding hydrogens is 372 g/mol. The van der Waals surface area contributed by atoms with Crippen molar-refractivity contribution < 1.29 is 9.53 Å². The minimum Gasteiger partial charge on any atom is -0.497 e. The molecule has 0 amide bonds. The molecule has 4 nitrogen and oxygen atoms in total. The van der Waals surface area contributed by atoms with Crippen molar-refractivity contribution in [1.29, 1.82) is 0 Å². The quantitative estimate of drug-likeness (QED) is 0.598. The van der Waals surface area contributed by atoms with Crippen molar-refractivity contribution in [2.75, 3.05) is 17.7 Å². The maximum Gasteiger partial charge on any atom is 0.163 e. The molecule has 3 aromatic rings. The molecule has 0 saturated heterocycles. The van der Waals surface area contributed by atoms with Crippen LogP contribution in [0.5, 0.6) is 5.75 Å². The van der Waals surface area contributed by atoms with Gasteiger partial charge in [0.2, 0.25) is 0 Å². The number of carbonyl (C=O) groups is 1. The van der Waals surface area contributed by atoms with Crippen LogP contribution in [0.4, 0.5) is 11.4 Å². The van der Waals surface area contributed by atoms with Gasteiger partial charge in [0.1, 0.15) is 5.75 Å². The highest BCUT2D eigenvalue weighted by Gasteiger charge is 2.36. The van der Waals surface area contributed by atoms with Crippen LogP contribution in [0.25, 0.3) is 0 Å². The van der Waals surface area contributed by atoms with E-state index < -0.39 is 0 Å². The van der Waals surface area contributed by atoms with Crippen LogP contribution in [-0.2, 0) is 4.79 Å². The van der Waals surface area contributed by atoms with Crippen LogP contribution in [0.2, 0.25) is 0 Å². The van der Waals surface area contributed by atoms with Crippen molar-refractivity contribution in [3.05, 3.63) is 101 Å². The first-order chi connectivity index (χ1) is 14.7. The molecule has 0 radical (unpaired) electrons. The third-order valence-corrected chi connectivity index (χ3v) is 6.01. The number of fused-ring (bicyclic) bond motifs is 1. The number of anilines is 2. The third-order valence-electron chi connectivity index (χ3n) is 6.01. The molecule has 5 rings (SSSR count). The molecule has 0 spiro atoms. The van der Waals surface area contributed by atoms with Gasteiger partial charge in [-0.05, 0) is 47.7 Å². The summed E-state index contributed by atoms with van der Waals surface area (Å²) < 4.78 is 5.44. The molecule has 30 heavy (non-hydrogen) atoms. The molecule has 4 heteroatoms. The van der Waals surface area contributed by atoms with E-state index in [-0.39, 0.29) is 17.7 Å². The first kappa shape index (κ1) is 18.5. The maximum absolute atomic E-state index is 13.5. The van der Waals surface area contributed by atoms with Crippen LogP contribution in [0.15, 0.2) is 90.1 Å². The Morgan fingerprint density at radius 3 is 2.37 bits per heavy atom. The number of carbonyl (C=O) groups excluding carboxylic acids is 1. The number of ether oxygens (including phenoxy) is 1. The van der Waals surface area contributed by atoms with Crippen molar-refractivity contribution in [2.45, 2.75) is 24.8 Å². The van der Waals surface area contributed by atoms with E-state index in [1.165, 1.54) is 5.56 Å². The van der Waals surface area contributed by atoms with E-state index >= 15 is 0 Å². The predicted octanol–water partition coefficient (Wildman–Crippen LogP) is 5.67. The fraction of sp³-hybridized carbons (Fsp3) is 0.192. The molecular formula is C26H24N2O2. The lowest BCUT2D eigenvalue weighted by Gasteiger charge is -2.30. The van der Waals surface area contributed by atoms with Gasteiger partial charge in [0.25, 0.3) is 0 Å². The van der Waals surface area contributed by atoms with E-state index in [1.54, 1.807) is 7.11 Å². The molecule has 1 aliphatic carbocycles. The topological polar surface area (TPSA) is 50.4 Å². The van der Waals surface area contributed by atoms with Gasteiger partial charge >= 0.3 is 0 Å². The maximum atomic E-state index is 13.5. The minimum atomic E-state index is -0.226. The molecule has 0 saturated carbocycles. The largest absolute Gasteiger partial charge is 0.497 e. The number of methoxy groups -OCH3 is 1. The Morgan fingerprint density at radius 1 is 0.833 bits per heavy atom. The van der Waals surface area contributed by atoms with E-state index in [1.807, 2.05) is 54.6 Å². The van der Waals surface area contributed by atoms with Crippen LogP contribution in [0.1, 0.15) is 35.9 Å². The molecule has 0 bridgehead atoms. The Hall–Kier alpha value is -3.53. The molecule has 2 aliphatic rings. The Balaban J connectivity index is 1.62. The Kier molecular flexibility index (Phi) is 4.75. The number of hydrogen-bond acceptors (Lipinski definition) is 4. The lowest BCUT2D eigenvalue weighted by Crippen LogP contribution is -2.26. The fourth-order valence-corrected chi connectivity index (χ4v) is 4.52. The fourth-order valence-electron chi connectivity index (χ4n) is 4.52. The molecule has 2 N–H and O–H groups in total. The molecule has 3 aromatic carbocycles. The molecule has 150 valence electrons. The average Bonchev–Trinajstić information content (AvgIpc) is 2.96. The SMILES string of the molecule is COc1cccc([C@H]2Nc3ccccc3NC3=C2C(=O)C[C@@H](c2ccccc2)C3)c1. The van der Waals surface area contributed by atoms with Crippen molar-refractivity contribution in [2.24, 2.45) is 0 Å². The Morgan fingerprint density at radius 2 is 1.57 bits per heavy atom. The van der Waals surface area contributed by atoms with Crippen LogP contribution >= 0.6 is 0 Å². The van der Waals surface area contributed by atoms with Crippen LogP contribution < -0.4 is 15.4 Å². The normalized spacial score (nSPS) is 20.4. The minimum absolute atomic E-state index is 0.182. The van der Waals surface area contributed by atoms with Gasteiger partial charge in [0.05, 0.1) is 24.5 Å². The smallest absolute Gasteiger partial charge is 0.163 e. The van der Waals surface area contributed by atoms with E-state index in [9.17, 15) is 4.79 Å². The highest BCUT2D eigenvalue weighted by molar-refractivity contribution is 6.01. The lowest BCUT2D eigenvalue weighted by atomic mass is 9.78. The van der Waals surface area contributed by atoms with Crippen molar-refractivity contribution >= 4 is 17.2 Å². The van der Waals surface area contributed by atoms with Crippen molar-refractivity contribution in [1.82, 2.24) is 0 Å². The molecule has 0 unspecified atom stereocenters. The van der Waals surface area contributed by atoms with Gasteiger partial charge in [0.15, 0.2) is 5.78 Å². The third kappa shape index (κ3) is 3.35. The van der Waals surface area contributed by atoms with Gasteiger partial charge in [-0.3, -0.25) is 4.79 Å². The molecule has 1 heterocycles. The second kappa shape index (κ2) is 7.71. The Labute approximate surface area is 176 Å². The first-order valence-corrected chi connectivity index (χ1v) is 10.3. The van der Waals surface area contributed by atoms with Crippen molar-refractivity contribution in [3.63, 3.8) is 0 Å². The summed E-state index contributed by atoms with van der Waals surface area (Å²) in [7, 11) is 1.66. The Bertz CT molecular complexity index is 1120. The van der Waals surface area contributed by atoms with Gasteiger partial charge < -0.3 is 15.4 Å². The van der Waals surface area contributed by atoms with Gasteiger partial charge in [-0.15, -0.1) is 0 Å². The van der Waals surface area contributed by atoms with Gasteiger partial charge in [0, 0.05) is 17.7 Å². The van der Waals surface area contributed by atoms with Crippen molar-refractivity contribution in [3.8, 4) is 5.75 Å². The molecule has 2 atom stereocenters. The van der Waals surface area contributed by atoms with E-state index in [2.05, 4.69) is 34.9 Å². The van der Waals surface area contributed by atoms with Gasteiger partial charge in [-0.1, -0.05) is 54.6 Å². The summed E-state index contributed by atoms with van der Waals surface area (Å²) in [5.41, 5.74) is 6.05. The summed E-state index contributed by atoms with van der Waals surface area (Å²) in [5, 5.41) is 7.20. The number of allylic oxidation sites excluding steroid dienone is 1. The molecule has 0 aromatic heterocycles. The monoisotopic (exact) mass is 396 g/mol. The molecule has 0 fully saturated rings. The first-order valence-electron chi connectivity index (χ1n) is 10.3. The summed E-state index contributed by atoms with van der Waals surface area (Å²) >= 11 is 0. The van der Waals surface area contributed by atoms with Gasteiger partial charge in [-0.2, -0.15) is 0 Å². The number of para-hydroxylation sites is 2. The van der Waals surface area contributed by atoms with E-state index in [0.717, 1.165) is 40.4 Å². The number of rotatable bonds is 3. The standard InChI is InChI=1S/C26H24N2O2/c1-30-20-11-7-10-18(14-20)26-25-23(27-21-12-5-6-13-22(21)28-26)15-19(16-24(25)29)17-8-3-2-4-9-17/h2-14,19,26-28H,15-16H2,1H3/t19-,26+/m0/s1. The van der Waals surface area contributed by atoms with E-state index in [0.29, 0.717) is 6.42 Å². The summed E-state index contributed by atoms with van der Waals surface area (Å²) in [5.74, 6) is 1.15. The summed E-state index contributed by atoms with van der Waals surface area (Å²) in [6.07, 6.45) is 1.32. The number of nitrogens with one attached hydrogen (secondary N) is 2. The summed E-state index contributed by atoms with van der Waals surface area (Å²) in [6.45, 7) is 0. The summed E-state index contributed by atoms with van der Waals surface area (Å²) in [4.78, 5) is 13.5. The highest BCUT2D eigenvalue weighted by atomic mass is 16.5. The lowest BCUT2D eigenvalue weighted by molar-refractivity contribution is -0.116. The highest BCUT2D eigenvalue weighted by Crippen LogP contribution is 2.44. The number of benzene rings is 3. The van der Waals surface area contributed by atoms with Crippen LogP contribution in [0, 0.1) is 0 Å². The van der Waals surface area contributed by atoms with Gasteiger partial charge in [-0.25, -0.2) is 0 Å². The predicted molar refractivity (Wildman–Crippen MR) is 120 cm³/mol. The number of ketones is 1. The summed E-state index contributed by atoms with van der Waals surface area (Å²) in [6, 6.07) is 26.2. The number of Topliss-reactive ketones (excluding diaryl/α,β-unsaturated/α-hetero) is 1. The average molecular weight is 396 g/mol. The number of hydrogen-bond donors (Lipinski definition) is 2. The van der Waals surface area contributed by atoms with Crippen LogP contribution in [-0.4, -0.2) is 12.9 Å². The zero-order chi connectivity index (χ0) is 20.5. The van der Waals surface area contributed by atoms with E-state index in [4.69, 9.17) is 4.74 Å². The zero-order valence-corrected chi connectivity index (χ0v) is 16.9. The molecule has 1 aliphatic heterocycles. The second-order valence-electron chi connectivity index (χ2n) is 7.86. The second-order valence-corrected chi connectivity index (χ2v) is 7.86.